The van der Waals surface area contributed by atoms with Crippen LogP contribution in [0.5, 0.6) is 0 Å². The summed E-state index contributed by atoms with van der Waals surface area (Å²) in [6, 6.07) is 0.738. The fourth-order valence-electron chi connectivity index (χ4n) is 3.17. The van der Waals surface area contributed by atoms with Gasteiger partial charge in [0.25, 0.3) is 0 Å². The van der Waals surface area contributed by atoms with Crippen LogP contribution in [0.1, 0.15) is 45.4 Å². The van der Waals surface area contributed by atoms with E-state index in [-0.39, 0.29) is 0 Å². The lowest BCUT2D eigenvalue weighted by Crippen LogP contribution is -2.39. The van der Waals surface area contributed by atoms with E-state index in [4.69, 9.17) is 0 Å². The molecule has 1 aliphatic heterocycles. The molecule has 1 N–H and O–H groups in total. The third kappa shape index (κ3) is 4.44. The Labute approximate surface area is 106 Å². The van der Waals surface area contributed by atoms with Gasteiger partial charge in [-0.05, 0) is 51.1 Å². The molecule has 0 aromatic heterocycles. The summed E-state index contributed by atoms with van der Waals surface area (Å²) in [7, 11) is 0. The topological polar surface area (TPSA) is 15.3 Å². The maximum absolute atomic E-state index is 3.69. The Balaban J connectivity index is 1.79. The van der Waals surface area contributed by atoms with Crippen molar-refractivity contribution in [2.75, 3.05) is 26.2 Å². The van der Waals surface area contributed by atoms with Gasteiger partial charge in [0.05, 0.1) is 0 Å². The van der Waals surface area contributed by atoms with Gasteiger partial charge in [0.15, 0.2) is 0 Å². The molecule has 0 amide bonds. The number of nitrogens with one attached hydrogen (secondary N) is 1. The lowest BCUT2D eigenvalue weighted by atomic mass is 9.93. The third-order valence-electron chi connectivity index (χ3n) is 4.09. The molecule has 98 valence electrons. The molecule has 1 heterocycles. The molecule has 1 saturated heterocycles. The lowest BCUT2D eigenvalue weighted by molar-refractivity contribution is 0.216. The van der Waals surface area contributed by atoms with Crippen LogP contribution in [-0.4, -0.2) is 37.1 Å². The van der Waals surface area contributed by atoms with Gasteiger partial charge in [-0.2, -0.15) is 0 Å². The molecule has 0 aromatic carbocycles. The van der Waals surface area contributed by atoms with Crippen LogP contribution in [-0.2, 0) is 0 Å². The maximum atomic E-state index is 3.69. The summed E-state index contributed by atoms with van der Waals surface area (Å²) in [4.78, 5) is 2.71. The van der Waals surface area contributed by atoms with Gasteiger partial charge in [0.2, 0.25) is 0 Å². The smallest absolute Gasteiger partial charge is 0.0194 e. The Bertz CT molecular complexity index is 237. The van der Waals surface area contributed by atoms with Crippen molar-refractivity contribution < 1.29 is 0 Å². The Morgan fingerprint density at radius 1 is 1.35 bits per heavy atom. The normalized spacial score (nSPS) is 31.4. The molecule has 2 nitrogen and oxygen atoms in total. The fourth-order valence-corrected chi connectivity index (χ4v) is 3.17. The summed E-state index contributed by atoms with van der Waals surface area (Å²) in [5.74, 6) is 0.917. The van der Waals surface area contributed by atoms with Gasteiger partial charge in [0, 0.05) is 19.1 Å². The highest BCUT2D eigenvalue weighted by Crippen LogP contribution is 2.20. The monoisotopic (exact) mass is 236 g/mol. The van der Waals surface area contributed by atoms with Gasteiger partial charge in [-0.3, -0.25) is 0 Å². The molecule has 1 aliphatic carbocycles. The fraction of sp³-hybridized carbons (Fsp3) is 0.867. The predicted octanol–water partition coefficient (Wildman–Crippen LogP) is 2.81. The Kier molecular flexibility index (Phi) is 5.53. The average molecular weight is 236 g/mol. The van der Waals surface area contributed by atoms with Gasteiger partial charge in [-0.25, -0.2) is 0 Å². The highest BCUT2D eigenvalue weighted by Gasteiger charge is 2.20. The third-order valence-corrected chi connectivity index (χ3v) is 4.09. The van der Waals surface area contributed by atoms with Gasteiger partial charge >= 0.3 is 0 Å². The van der Waals surface area contributed by atoms with Crippen molar-refractivity contribution in [3.05, 3.63) is 12.2 Å². The molecule has 2 aliphatic rings. The molecular formula is C15H28N2. The van der Waals surface area contributed by atoms with E-state index >= 15 is 0 Å². The molecule has 2 heteroatoms. The van der Waals surface area contributed by atoms with Crippen molar-refractivity contribution >= 4 is 0 Å². The molecule has 0 bridgehead atoms. The van der Waals surface area contributed by atoms with E-state index in [1.54, 1.807) is 0 Å². The predicted molar refractivity (Wildman–Crippen MR) is 74.2 cm³/mol. The van der Waals surface area contributed by atoms with Crippen molar-refractivity contribution in [1.82, 2.24) is 10.2 Å². The van der Waals surface area contributed by atoms with Crippen LogP contribution in [0.3, 0.4) is 0 Å². The van der Waals surface area contributed by atoms with E-state index in [1.165, 1.54) is 64.7 Å². The lowest BCUT2D eigenvalue weighted by Gasteiger charge is -2.29. The Morgan fingerprint density at radius 2 is 2.29 bits per heavy atom. The van der Waals surface area contributed by atoms with E-state index < -0.39 is 0 Å². The molecule has 0 spiro atoms. The first kappa shape index (κ1) is 13.1. The minimum absolute atomic E-state index is 0.738. The summed E-state index contributed by atoms with van der Waals surface area (Å²) in [5.41, 5.74) is 0. The summed E-state index contributed by atoms with van der Waals surface area (Å²) < 4.78 is 0. The zero-order valence-electron chi connectivity index (χ0n) is 11.3. The van der Waals surface area contributed by atoms with Crippen molar-refractivity contribution in [3.63, 3.8) is 0 Å². The standard InChI is InChI=1S/C15H28N2/c1-2-7-15-13-17(11-6-10-16-15)12-14-8-4-3-5-9-14/h3-4,14-16H,2,5-13H2,1H3. The molecule has 0 radical (unpaired) electrons. The summed E-state index contributed by atoms with van der Waals surface area (Å²) in [5, 5.41) is 3.69. The maximum Gasteiger partial charge on any atom is 0.0194 e. The molecule has 0 saturated carbocycles. The van der Waals surface area contributed by atoms with Gasteiger partial charge in [-0.15, -0.1) is 0 Å². The zero-order chi connectivity index (χ0) is 11.9. The Morgan fingerprint density at radius 3 is 3.06 bits per heavy atom. The second kappa shape index (κ2) is 7.17. The summed E-state index contributed by atoms with van der Waals surface area (Å²) in [6.45, 7) is 7.41. The van der Waals surface area contributed by atoms with Gasteiger partial charge in [0.1, 0.15) is 0 Å². The van der Waals surface area contributed by atoms with Crippen molar-refractivity contribution in [1.29, 1.82) is 0 Å². The molecule has 0 aromatic rings. The van der Waals surface area contributed by atoms with Crippen molar-refractivity contribution in [3.8, 4) is 0 Å². The van der Waals surface area contributed by atoms with Crippen LogP contribution in [0.25, 0.3) is 0 Å². The SMILES string of the molecule is CCCC1CN(CC2CC=CCC2)CCCN1. The van der Waals surface area contributed by atoms with Crippen molar-refractivity contribution in [2.45, 2.75) is 51.5 Å². The van der Waals surface area contributed by atoms with Crippen LogP contribution in [0.4, 0.5) is 0 Å². The van der Waals surface area contributed by atoms with E-state index in [0.29, 0.717) is 0 Å². The number of hydrogen-bond donors (Lipinski definition) is 1. The number of allylic oxidation sites excluding steroid dienone is 2. The van der Waals surface area contributed by atoms with Crippen LogP contribution in [0, 0.1) is 5.92 Å². The second-order valence-corrected chi connectivity index (χ2v) is 5.70. The highest BCUT2D eigenvalue weighted by atomic mass is 15.2. The molecule has 1 fully saturated rings. The Hall–Kier alpha value is -0.340. The minimum Gasteiger partial charge on any atom is -0.313 e. The van der Waals surface area contributed by atoms with Crippen LogP contribution >= 0.6 is 0 Å². The molecule has 2 unspecified atom stereocenters. The second-order valence-electron chi connectivity index (χ2n) is 5.70. The number of rotatable bonds is 4. The summed E-state index contributed by atoms with van der Waals surface area (Å²) in [6.07, 6.45) is 12.7. The zero-order valence-corrected chi connectivity index (χ0v) is 11.3. The van der Waals surface area contributed by atoms with Gasteiger partial charge < -0.3 is 10.2 Å². The number of nitrogens with zero attached hydrogens (tertiary/aromatic N) is 1. The first-order valence-corrected chi connectivity index (χ1v) is 7.49. The molecule has 2 atom stereocenters. The largest absolute Gasteiger partial charge is 0.313 e. The molecule has 17 heavy (non-hydrogen) atoms. The van der Waals surface area contributed by atoms with Crippen LogP contribution in [0.15, 0.2) is 12.2 Å². The van der Waals surface area contributed by atoms with Crippen molar-refractivity contribution in [2.24, 2.45) is 5.92 Å². The first-order chi connectivity index (χ1) is 8.38. The van der Waals surface area contributed by atoms with E-state index in [2.05, 4.69) is 29.3 Å². The molecule has 2 rings (SSSR count). The quantitative estimate of drug-likeness (QED) is 0.755. The van der Waals surface area contributed by atoms with E-state index in [9.17, 15) is 0 Å². The average Bonchev–Trinajstić information content (AvgIpc) is 2.56. The highest BCUT2D eigenvalue weighted by molar-refractivity contribution is 4.91. The van der Waals surface area contributed by atoms with E-state index in [1.807, 2.05) is 0 Å². The van der Waals surface area contributed by atoms with Crippen LogP contribution in [0.2, 0.25) is 0 Å². The van der Waals surface area contributed by atoms with E-state index in [0.717, 1.165) is 12.0 Å². The first-order valence-electron chi connectivity index (χ1n) is 7.49. The number of hydrogen-bond acceptors (Lipinski definition) is 2. The van der Waals surface area contributed by atoms with Gasteiger partial charge in [-0.1, -0.05) is 25.5 Å². The molecular weight excluding hydrogens is 208 g/mol. The summed E-state index contributed by atoms with van der Waals surface area (Å²) >= 11 is 0. The minimum atomic E-state index is 0.738. The van der Waals surface area contributed by atoms with Crippen LogP contribution < -0.4 is 5.32 Å².